The molecule has 1 aromatic carbocycles. The number of hydrogen-bond donors (Lipinski definition) is 2. The highest BCUT2D eigenvalue weighted by atomic mass is 35.5. The minimum Gasteiger partial charge on any atom is -0.480 e. The van der Waals surface area contributed by atoms with Gasteiger partial charge in [-0.05, 0) is 25.3 Å². The number of rotatable bonds is 4. The molecular formula is C18H23ClN2O2. The highest BCUT2D eigenvalue weighted by Gasteiger charge is 1.97. The minimum absolute atomic E-state index is 0.0521. The normalized spacial score (nSPS) is 8.70. The van der Waals surface area contributed by atoms with Crippen LogP contribution in [0.15, 0.2) is 55.4 Å². The Morgan fingerprint density at radius 3 is 2.26 bits per heavy atom. The second-order valence-corrected chi connectivity index (χ2v) is 4.64. The molecule has 0 unspecified atom stereocenters. The van der Waals surface area contributed by atoms with Crippen LogP contribution in [0.3, 0.4) is 0 Å². The molecule has 2 aromatic rings. The van der Waals surface area contributed by atoms with E-state index in [0.29, 0.717) is 5.02 Å². The molecule has 0 fully saturated rings. The number of benzene rings is 1. The van der Waals surface area contributed by atoms with E-state index < -0.39 is 5.97 Å². The largest absolute Gasteiger partial charge is 0.480 e. The molecule has 0 amide bonds. The van der Waals surface area contributed by atoms with Crippen LogP contribution in [0, 0.1) is 6.92 Å². The van der Waals surface area contributed by atoms with E-state index in [1.165, 1.54) is 11.8 Å². The molecule has 0 saturated carbocycles. The first-order valence-corrected chi connectivity index (χ1v) is 7.65. The number of halogens is 1. The number of pyridine rings is 1. The Morgan fingerprint density at radius 2 is 1.87 bits per heavy atom. The lowest BCUT2D eigenvalue weighted by molar-refractivity contribution is -0.135. The lowest BCUT2D eigenvalue weighted by Gasteiger charge is -2.00. The molecule has 5 heteroatoms. The van der Waals surface area contributed by atoms with E-state index in [9.17, 15) is 4.79 Å². The number of nitrogens with one attached hydrogen (secondary N) is 1. The Morgan fingerprint density at radius 1 is 1.26 bits per heavy atom. The molecular weight excluding hydrogens is 312 g/mol. The van der Waals surface area contributed by atoms with Crippen LogP contribution in [0.5, 0.6) is 0 Å². The summed E-state index contributed by atoms with van der Waals surface area (Å²) in [6.45, 7) is 9.27. The topological polar surface area (TPSA) is 62.2 Å². The van der Waals surface area contributed by atoms with Crippen LogP contribution in [0.4, 0.5) is 0 Å². The van der Waals surface area contributed by atoms with Gasteiger partial charge in [-0.1, -0.05) is 61.9 Å². The van der Waals surface area contributed by atoms with E-state index in [4.69, 9.17) is 16.7 Å². The van der Waals surface area contributed by atoms with Gasteiger partial charge >= 0.3 is 5.97 Å². The van der Waals surface area contributed by atoms with Gasteiger partial charge in [-0.15, -0.1) is 0 Å². The molecule has 0 atom stereocenters. The Kier molecular flexibility index (Phi) is 11.0. The Hall–Kier alpha value is -2.33. The lowest BCUT2D eigenvalue weighted by Crippen LogP contribution is -2.15. The van der Waals surface area contributed by atoms with Crippen molar-refractivity contribution in [1.82, 2.24) is 10.3 Å². The third kappa shape index (κ3) is 9.32. The summed E-state index contributed by atoms with van der Waals surface area (Å²) in [4.78, 5) is 13.9. The van der Waals surface area contributed by atoms with Crippen LogP contribution < -0.4 is 5.32 Å². The zero-order chi connectivity index (χ0) is 17.7. The van der Waals surface area contributed by atoms with Gasteiger partial charge in [0.05, 0.1) is 10.7 Å². The van der Waals surface area contributed by atoms with Crippen LogP contribution in [0.1, 0.15) is 19.4 Å². The van der Waals surface area contributed by atoms with E-state index in [-0.39, 0.29) is 6.54 Å². The monoisotopic (exact) mass is 334 g/mol. The smallest absolute Gasteiger partial charge is 0.322 e. The van der Waals surface area contributed by atoms with Crippen LogP contribution in [0.25, 0.3) is 11.3 Å². The van der Waals surface area contributed by atoms with Gasteiger partial charge in [0.15, 0.2) is 0 Å². The van der Waals surface area contributed by atoms with Gasteiger partial charge < -0.3 is 10.4 Å². The molecule has 124 valence electrons. The molecule has 1 aromatic heterocycles. The van der Waals surface area contributed by atoms with Crippen LogP contribution in [-0.2, 0) is 4.79 Å². The maximum absolute atomic E-state index is 9.65. The van der Waals surface area contributed by atoms with E-state index in [1.54, 1.807) is 6.20 Å². The summed E-state index contributed by atoms with van der Waals surface area (Å²) in [6.07, 6.45) is 3.00. The third-order valence-electron chi connectivity index (χ3n) is 2.47. The van der Waals surface area contributed by atoms with Crippen molar-refractivity contribution in [2.75, 3.05) is 6.54 Å². The first kappa shape index (κ1) is 20.7. The molecule has 0 bridgehead atoms. The third-order valence-corrected chi connectivity index (χ3v) is 2.70. The summed E-state index contributed by atoms with van der Waals surface area (Å²) < 4.78 is 0. The van der Waals surface area contributed by atoms with E-state index >= 15 is 0 Å². The van der Waals surface area contributed by atoms with Gasteiger partial charge in [-0.3, -0.25) is 9.78 Å². The summed E-state index contributed by atoms with van der Waals surface area (Å²) in [5, 5.41) is 11.0. The highest BCUT2D eigenvalue weighted by molar-refractivity contribution is 6.30. The zero-order valence-electron chi connectivity index (χ0n) is 13.7. The quantitative estimate of drug-likeness (QED) is 0.861. The van der Waals surface area contributed by atoms with Gasteiger partial charge in [0, 0.05) is 11.8 Å². The van der Waals surface area contributed by atoms with E-state index in [2.05, 4.69) is 48.1 Å². The summed E-state index contributed by atoms with van der Waals surface area (Å²) in [6, 6.07) is 12.0. The SMILES string of the molecule is C=CNCC(=O)O.CC.Cc1ccc(-c2ccc(Cl)cn2)cc1. The lowest BCUT2D eigenvalue weighted by atomic mass is 10.1. The standard InChI is InChI=1S/C12H10ClN.C4H7NO2.C2H6/c1-9-2-4-10(5-3-9)12-7-6-11(13)8-14-12;1-2-5-3-4(6)7;1-2/h2-8H,1H3;2,5H,1,3H2,(H,6,7);1-2H3. The van der Waals surface area contributed by atoms with Crippen molar-refractivity contribution < 1.29 is 9.90 Å². The molecule has 0 aliphatic rings. The highest BCUT2D eigenvalue weighted by Crippen LogP contribution is 2.18. The fourth-order valence-electron chi connectivity index (χ4n) is 1.43. The number of aryl methyl sites for hydroxylation is 1. The maximum atomic E-state index is 9.65. The fourth-order valence-corrected chi connectivity index (χ4v) is 1.54. The molecule has 4 nitrogen and oxygen atoms in total. The average molecular weight is 335 g/mol. The van der Waals surface area contributed by atoms with Crippen LogP contribution >= 0.6 is 11.6 Å². The first-order chi connectivity index (χ1) is 11.0. The molecule has 0 aliphatic carbocycles. The van der Waals surface area contributed by atoms with Gasteiger partial charge in [0.1, 0.15) is 6.54 Å². The van der Waals surface area contributed by atoms with E-state index in [0.717, 1.165) is 11.3 Å². The molecule has 2 rings (SSSR count). The van der Waals surface area contributed by atoms with Crippen molar-refractivity contribution in [2.24, 2.45) is 0 Å². The molecule has 0 saturated heterocycles. The van der Waals surface area contributed by atoms with Crippen molar-refractivity contribution in [2.45, 2.75) is 20.8 Å². The summed E-state index contributed by atoms with van der Waals surface area (Å²) >= 11 is 5.76. The maximum Gasteiger partial charge on any atom is 0.322 e. The van der Waals surface area contributed by atoms with Crippen LogP contribution in [0.2, 0.25) is 5.02 Å². The zero-order valence-corrected chi connectivity index (χ0v) is 14.5. The van der Waals surface area contributed by atoms with Gasteiger partial charge in [-0.2, -0.15) is 0 Å². The molecule has 0 aliphatic heterocycles. The summed E-state index contributed by atoms with van der Waals surface area (Å²) in [7, 11) is 0. The van der Waals surface area contributed by atoms with Crippen molar-refractivity contribution in [3.05, 3.63) is 66.0 Å². The second-order valence-electron chi connectivity index (χ2n) is 4.21. The summed E-state index contributed by atoms with van der Waals surface area (Å²) in [5.41, 5.74) is 3.32. The minimum atomic E-state index is -0.875. The number of nitrogens with zero attached hydrogens (tertiary/aromatic N) is 1. The Labute approximate surface area is 142 Å². The molecule has 2 N–H and O–H groups in total. The molecule has 23 heavy (non-hydrogen) atoms. The van der Waals surface area contributed by atoms with Gasteiger partial charge in [0.2, 0.25) is 0 Å². The number of carboxylic acid groups (broad SMARTS) is 1. The predicted octanol–water partition coefficient (Wildman–Crippen LogP) is 4.54. The number of aliphatic carboxylic acids is 1. The van der Waals surface area contributed by atoms with Crippen molar-refractivity contribution >= 4 is 17.6 Å². The number of carbonyl (C=O) groups is 1. The Bertz CT molecular complexity index is 537. The summed E-state index contributed by atoms with van der Waals surface area (Å²) in [5.74, 6) is -0.875. The number of aromatic nitrogens is 1. The molecule has 1 heterocycles. The average Bonchev–Trinajstić information content (AvgIpc) is 2.57. The van der Waals surface area contributed by atoms with Gasteiger partial charge in [0.25, 0.3) is 0 Å². The van der Waals surface area contributed by atoms with Crippen molar-refractivity contribution in [3.63, 3.8) is 0 Å². The van der Waals surface area contributed by atoms with Crippen LogP contribution in [-0.4, -0.2) is 22.6 Å². The second kappa shape index (κ2) is 12.2. The molecule has 0 spiro atoms. The predicted molar refractivity (Wildman–Crippen MR) is 96.6 cm³/mol. The van der Waals surface area contributed by atoms with Gasteiger partial charge in [-0.25, -0.2) is 0 Å². The fraction of sp³-hybridized carbons (Fsp3) is 0.222. The number of carboxylic acids is 1. The molecule has 0 radical (unpaired) electrons. The Balaban J connectivity index is 0.000000460. The van der Waals surface area contributed by atoms with Crippen molar-refractivity contribution in [3.8, 4) is 11.3 Å². The van der Waals surface area contributed by atoms with Crippen molar-refractivity contribution in [1.29, 1.82) is 0 Å². The van der Waals surface area contributed by atoms with E-state index in [1.807, 2.05) is 26.0 Å². The first-order valence-electron chi connectivity index (χ1n) is 7.27. The number of hydrogen-bond acceptors (Lipinski definition) is 3.